The number of pyridine rings is 1. The van der Waals surface area contributed by atoms with Crippen molar-refractivity contribution in [3.8, 4) is 0 Å². The van der Waals surface area contributed by atoms with Crippen LogP contribution in [0.2, 0.25) is 0 Å². The zero-order valence-electron chi connectivity index (χ0n) is 9.52. The third kappa shape index (κ3) is 1.83. The van der Waals surface area contributed by atoms with Crippen LogP contribution in [0, 0.1) is 12.8 Å². The van der Waals surface area contributed by atoms with Gasteiger partial charge in [-0.05, 0) is 37.3 Å². The quantitative estimate of drug-likeness (QED) is 0.769. The Hall–Kier alpha value is -1.35. The van der Waals surface area contributed by atoms with E-state index < -0.39 is 0 Å². The Labute approximate surface area is 95.1 Å². The van der Waals surface area contributed by atoms with E-state index in [0.29, 0.717) is 5.92 Å². The monoisotopic (exact) mass is 216 g/mol. The number of hydrogen-bond donors (Lipinski definition) is 0. The molecule has 1 unspecified atom stereocenters. The summed E-state index contributed by atoms with van der Waals surface area (Å²) in [6, 6.07) is 4.18. The van der Waals surface area contributed by atoms with E-state index in [4.69, 9.17) is 4.74 Å². The molecule has 0 bridgehead atoms. The van der Waals surface area contributed by atoms with Gasteiger partial charge in [-0.25, -0.2) is 4.98 Å². The fraction of sp³-hybridized carbons (Fsp3) is 0.462. The highest BCUT2D eigenvalue weighted by molar-refractivity contribution is 5.41. The SMILES string of the molecule is Cc1ccc2nc(CC3CCOC3)cn2c1. The normalized spacial score (nSPS) is 20.7. The van der Waals surface area contributed by atoms with E-state index in [-0.39, 0.29) is 0 Å². The van der Waals surface area contributed by atoms with Gasteiger partial charge in [0.25, 0.3) is 0 Å². The summed E-state index contributed by atoms with van der Waals surface area (Å²) in [5.41, 5.74) is 3.49. The summed E-state index contributed by atoms with van der Waals surface area (Å²) in [6.45, 7) is 3.91. The molecule has 0 spiro atoms. The van der Waals surface area contributed by atoms with E-state index in [0.717, 1.165) is 25.3 Å². The maximum absolute atomic E-state index is 5.39. The number of rotatable bonds is 2. The average Bonchev–Trinajstić information content (AvgIpc) is 2.86. The van der Waals surface area contributed by atoms with Crippen molar-refractivity contribution in [1.29, 1.82) is 0 Å². The van der Waals surface area contributed by atoms with Crippen LogP contribution >= 0.6 is 0 Å². The Morgan fingerprint density at radius 1 is 1.44 bits per heavy atom. The van der Waals surface area contributed by atoms with Crippen molar-refractivity contribution in [1.82, 2.24) is 9.38 Å². The third-order valence-corrected chi connectivity index (χ3v) is 3.17. The molecule has 0 aliphatic carbocycles. The highest BCUT2D eigenvalue weighted by atomic mass is 16.5. The van der Waals surface area contributed by atoms with Gasteiger partial charge in [0.1, 0.15) is 5.65 Å². The first-order valence-electron chi connectivity index (χ1n) is 5.83. The molecule has 1 atom stereocenters. The van der Waals surface area contributed by atoms with Crippen LogP contribution in [0.4, 0.5) is 0 Å². The molecule has 0 N–H and O–H groups in total. The Bertz CT molecular complexity index is 498. The standard InChI is InChI=1S/C13H16N2O/c1-10-2-3-13-14-12(8-15(13)7-10)6-11-4-5-16-9-11/h2-3,7-8,11H,4-6,9H2,1H3. The van der Waals surface area contributed by atoms with Gasteiger partial charge in [-0.3, -0.25) is 0 Å². The molecule has 0 radical (unpaired) electrons. The largest absolute Gasteiger partial charge is 0.381 e. The summed E-state index contributed by atoms with van der Waals surface area (Å²) < 4.78 is 7.50. The van der Waals surface area contributed by atoms with E-state index in [1.807, 2.05) is 0 Å². The lowest BCUT2D eigenvalue weighted by Crippen LogP contribution is -2.03. The molecule has 2 aromatic heterocycles. The van der Waals surface area contributed by atoms with Crippen LogP contribution in [-0.4, -0.2) is 22.6 Å². The van der Waals surface area contributed by atoms with Gasteiger partial charge in [0.2, 0.25) is 0 Å². The van der Waals surface area contributed by atoms with E-state index in [9.17, 15) is 0 Å². The highest BCUT2D eigenvalue weighted by Gasteiger charge is 2.17. The van der Waals surface area contributed by atoms with Gasteiger partial charge in [-0.15, -0.1) is 0 Å². The zero-order valence-corrected chi connectivity index (χ0v) is 9.52. The maximum Gasteiger partial charge on any atom is 0.136 e. The van der Waals surface area contributed by atoms with Gasteiger partial charge >= 0.3 is 0 Å². The number of fused-ring (bicyclic) bond motifs is 1. The fourth-order valence-electron chi connectivity index (χ4n) is 2.29. The number of aromatic nitrogens is 2. The second-order valence-corrected chi connectivity index (χ2v) is 4.64. The molecule has 0 saturated carbocycles. The van der Waals surface area contributed by atoms with E-state index in [1.165, 1.54) is 17.7 Å². The molecule has 1 aliphatic rings. The topological polar surface area (TPSA) is 26.5 Å². The van der Waals surface area contributed by atoms with Crippen LogP contribution in [-0.2, 0) is 11.2 Å². The maximum atomic E-state index is 5.39. The molecule has 0 amide bonds. The second-order valence-electron chi connectivity index (χ2n) is 4.64. The van der Waals surface area contributed by atoms with Crippen LogP contribution in [0.25, 0.3) is 5.65 Å². The molecule has 3 rings (SSSR count). The van der Waals surface area contributed by atoms with Crippen molar-refractivity contribution in [2.45, 2.75) is 19.8 Å². The van der Waals surface area contributed by atoms with Crippen molar-refractivity contribution in [3.05, 3.63) is 35.8 Å². The van der Waals surface area contributed by atoms with E-state index >= 15 is 0 Å². The second kappa shape index (κ2) is 3.91. The van der Waals surface area contributed by atoms with Gasteiger partial charge in [0, 0.05) is 25.6 Å². The van der Waals surface area contributed by atoms with Gasteiger partial charge < -0.3 is 9.14 Å². The number of imidazole rings is 1. The molecule has 84 valence electrons. The number of hydrogen-bond acceptors (Lipinski definition) is 2. The lowest BCUT2D eigenvalue weighted by Gasteiger charge is -2.02. The van der Waals surface area contributed by atoms with Crippen molar-refractivity contribution in [2.24, 2.45) is 5.92 Å². The molecule has 1 fully saturated rings. The van der Waals surface area contributed by atoms with Crippen LogP contribution in [0.1, 0.15) is 17.7 Å². The molecular formula is C13H16N2O. The molecule has 0 aromatic carbocycles. The molecule has 3 heterocycles. The van der Waals surface area contributed by atoms with Crippen molar-refractivity contribution >= 4 is 5.65 Å². The molecular weight excluding hydrogens is 200 g/mol. The molecule has 2 aromatic rings. The Morgan fingerprint density at radius 3 is 3.19 bits per heavy atom. The molecule has 3 heteroatoms. The van der Waals surface area contributed by atoms with Crippen molar-refractivity contribution in [2.75, 3.05) is 13.2 Å². The summed E-state index contributed by atoms with van der Waals surface area (Å²) in [5.74, 6) is 0.658. The summed E-state index contributed by atoms with van der Waals surface area (Å²) >= 11 is 0. The average molecular weight is 216 g/mol. The minimum atomic E-state index is 0.658. The fourth-order valence-corrected chi connectivity index (χ4v) is 2.29. The van der Waals surface area contributed by atoms with E-state index in [2.05, 4.69) is 40.8 Å². The lowest BCUT2D eigenvalue weighted by molar-refractivity contribution is 0.185. The van der Waals surface area contributed by atoms with Gasteiger partial charge in [-0.1, -0.05) is 6.07 Å². The first-order valence-corrected chi connectivity index (χ1v) is 5.83. The Kier molecular flexibility index (Phi) is 2.40. The highest BCUT2D eigenvalue weighted by Crippen LogP contribution is 2.18. The van der Waals surface area contributed by atoms with Crippen molar-refractivity contribution < 1.29 is 4.74 Å². The van der Waals surface area contributed by atoms with Crippen LogP contribution in [0.5, 0.6) is 0 Å². The van der Waals surface area contributed by atoms with Gasteiger partial charge in [0.15, 0.2) is 0 Å². The van der Waals surface area contributed by atoms with Gasteiger partial charge in [-0.2, -0.15) is 0 Å². The number of ether oxygens (including phenoxy) is 1. The van der Waals surface area contributed by atoms with Crippen molar-refractivity contribution in [3.63, 3.8) is 0 Å². The number of aryl methyl sites for hydroxylation is 1. The Morgan fingerprint density at radius 2 is 2.38 bits per heavy atom. The zero-order chi connectivity index (χ0) is 11.0. The third-order valence-electron chi connectivity index (χ3n) is 3.17. The van der Waals surface area contributed by atoms with Gasteiger partial charge in [0.05, 0.1) is 5.69 Å². The summed E-state index contributed by atoms with van der Waals surface area (Å²) in [6.07, 6.45) is 6.48. The molecule has 3 nitrogen and oxygen atoms in total. The Balaban J connectivity index is 1.86. The predicted molar refractivity (Wildman–Crippen MR) is 62.6 cm³/mol. The smallest absolute Gasteiger partial charge is 0.136 e. The lowest BCUT2D eigenvalue weighted by atomic mass is 10.0. The first-order chi connectivity index (χ1) is 7.81. The minimum absolute atomic E-state index is 0.658. The minimum Gasteiger partial charge on any atom is -0.381 e. The molecule has 1 aliphatic heterocycles. The number of nitrogens with zero attached hydrogens (tertiary/aromatic N) is 2. The van der Waals surface area contributed by atoms with Crippen LogP contribution in [0.3, 0.4) is 0 Å². The summed E-state index contributed by atoms with van der Waals surface area (Å²) in [5, 5.41) is 0. The van der Waals surface area contributed by atoms with Crippen LogP contribution < -0.4 is 0 Å². The molecule has 16 heavy (non-hydrogen) atoms. The summed E-state index contributed by atoms with van der Waals surface area (Å²) in [7, 11) is 0. The van der Waals surface area contributed by atoms with E-state index in [1.54, 1.807) is 0 Å². The molecule has 1 saturated heterocycles. The van der Waals surface area contributed by atoms with Crippen LogP contribution in [0.15, 0.2) is 24.5 Å². The predicted octanol–water partition coefficient (Wildman–Crippen LogP) is 2.22. The first kappa shape index (κ1) is 9.85. The summed E-state index contributed by atoms with van der Waals surface area (Å²) in [4.78, 5) is 4.62.